The lowest BCUT2D eigenvalue weighted by molar-refractivity contribution is -0.131. The maximum Gasteiger partial charge on any atom is 0.236 e. The van der Waals surface area contributed by atoms with Crippen molar-refractivity contribution in [3.05, 3.63) is 0 Å². The van der Waals surface area contributed by atoms with Gasteiger partial charge in [0.05, 0.1) is 13.2 Å². The number of nitrogens with zero attached hydrogens (tertiary/aromatic N) is 1. The predicted octanol–water partition coefficient (Wildman–Crippen LogP) is -2.67. The van der Waals surface area contributed by atoms with Crippen molar-refractivity contribution < 1.29 is 9.90 Å². The minimum absolute atomic E-state index is 0.0113. The lowest BCUT2D eigenvalue weighted by atomic mass is 10.2. The Morgan fingerprint density at radius 1 is 1.67 bits per heavy atom. The summed E-state index contributed by atoms with van der Waals surface area (Å²) in [5.41, 5.74) is 5.31. The van der Waals surface area contributed by atoms with Gasteiger partial charge in [-0.15, -0.1) is 0 Å². The second-order valence-corrected chi connectivity index (χ2v) is 3.64. The number of piperazine rings is 1. The van der Waals surface area contributed by atoms with Gasteiger partial charge in [0.15, 0.2) is 0 Å². The molecule has 0 radical (unpaired) electrons. The number of carbonyl (C=O) groups is 1. The fourth-order valence-electron chi connectivity index (χ4n) is 1.58. The highest BCUT2D eigenvalue weighted by Crippen LogP contribution is 1.98. The first-order chi connectivity index (χ1) is 7.27. The number of carbonyl (C=O) groups excluding carboxylic acids is 1. The Morgan fingerprint density at radius 3 is 3.13 bits per heavy atom. The summed E-state index contributed by atoms with van der Waals surface area (Å²) in [4.78, 5) is 13.4. The van der Waals surface area contributed by atoms with E-state index < -0.39 is 0 Å². The minimum Gasteiger partial charge on any atom is -0.395 e. The molecule has 1 rings (SSSR count). The van der Waals surface area contributed by atoms with E-state index in [-0.39, 0.29) is 18.6 Å². The molecule has 0 spiro atoms. The van der Waals surface area contributed by atoms with Gasteiger partial charge in [-0.1, -0.05) is 0 Å². The van der Waals surface area contributed by atoms with Crippen molar-refractivity contribution in [3.63, 3.8) is 0 Å². The number of nitrogens with one attached hydrogen (secondary N) is 2. The lowest BCUT2D eigenvalue weighted by Crippen LogP contribution is -2.55. The molecule has 6 nitrogen and oxygen atoms in total. The van der Waals surface area contributed by atoms with E-state index in [1.807, 2.05) is 0 Å². The first-order valence-corrected chi connectivity index (χ1v) is 5.30. The molecule has 0 aromatic rings. The summed E-state index contributed by atoms with van der Waals surface area (Å²) in [5, 5.41) is 15.1. The Balaban J connectivity index is 2.25. The highest BCUT2D eigenvalue weighted by atomic mass is 16.3. The van der Waals surface area contributed by atoms with Gasteiger partial charge in [-0.25, -0.2) is 0 Å². The van der Waals surface area contributed by atoms with E-state index in [1.165, 1.54) is 0 Å². The molecule has 1 heterocycles. The molecule has 88 valence electrons. The smallest absolute Gasteiger partial charge is 0.236 e. The Morgan fingerprint density at radius 2 is 2.47 bits per heavy atom. The Kier molecular flexibility index (Phi) is 5.56. The molecule has 1 aliphatic rings. The fraction of sp³-hybridized carbons (Fsp3) is 0.889. The van der Waals surface area contributed by atoms with Crippen LogP contribution in [0.2, 0.25) is 0 Å². The van der Waals surface area contributed by atoms with Crippen LogP contribution in [0.4, 0.5) is 0 Å². The van der Waals surface area contributed by atoms with Crippen LogP contribution in [0.15, 0.2) is 0 Å². The molecular weight excluding hydrogens is 196 g/mol. The molecule has 0 bridgehead atoms. The summed E-state index contributed by atoms with van der Waals surface area (Å²) in [7, 11) is 0. The molecule has 6 heteroatoms. The summed E-state index contributed by atoms with van der Waals surface area (Å²) in [6, 6.07) is 0.0113. The molecule has 0 aromatic heterocycles. The summed E-state index contributed by atoms with van der Waals surface area (Å²) in [6.45, 7) is 3.62. The monoisotopic (exact) mass is 216 g/mol. The summed E-state index contributed by atoms with van der Waals surface area (Å²) in [5.74, 6) is 0.0726. The Hall–Kier alpha value is -0.690. The SMILES string of the molecule is NCCNCC(=O)N1CCN[C@H](CO)C1. The maximum absolute atomic E-state index is 11.6. The highest BCUT2D eigenvalue weighted by Gasteiger charge is 2.21. The van der Waals surface area contributed by atoms with Crippen molar-refractivity contribution in [1.29, 1.82) is 0 Å². The molecule has 1 saturated heterocycles. The molecule has 0 aromatic carbocycles. The average molecular weight is 216 g/mol. The van der Waals surface area contributed by atoms with Gasteiger partial charge in [0.1, 0.15) is 0 Å². The number of nitrogens with two attached hydrogens (primary N) is 1. The van der Waals surface area contributed by atoms with Gasteiger partial charge in [0.2, 0.25) is 5.91 Å². The zero-order chi connectivity index (χ0) is 11.1. The van der Waals surface area contributed by atoms with Crippen LogP contribution in [0.5, 0.6) is 0 Å². The highest BCUT2D eigenvalue weighted by molar-refractivity contribution is 5.78. The van der Waals surface area contributed by atoms with Crippen molar-refractivity contribution in [2.45, 2.75) is 6.04 Å². The van der Waals surface area contributed by atoms with Crippen LogP contribution in [0.25, 0.3) is 0 Å². The molecule has 0 aliphatic carbocycles. The first kappa shape index (κ1) is 12.4. The van der Waals surface area contributed by atoms with Crippen LogP contribution in [0.1, 0.15) is 0 Å². The van der Waals surface area contributed by atoms with Gasteiger partial charge >= 0.3 is 0 Å². The van der Waals surface area contributed by atoms with Gasteiger partial charge in [-0.3, -0.25) is 4.79 Å². The van der Waals surface area contributed by atoms with Crippen LogP contribution in [0.3, 0.4) is 0 Å². The van der Waals surface area contributed by atoms with E-state index in [2.05, 4.69) is 10.6 Å². The first-order valence-electron chi connectivity index (χ1n) is 5.30. The summed E-state index contributed by atoms with van der Waals surface area (Å²) in [6.07, 6.45) is 0. The van der Waals surface area contributed by atoms with E-state index in [0.29, 0.717) is 32.7 Å². The van der Waals surface area contributed by atoms with Gasteiger partial charge in [-0.05, 0) is 0 Å². The Labute approximate surface area is 89.8 Å². The Bertz CT molecular complexity index is 201. The molecule has 1 atom stereocenters. The van der Waals surface area contributed by atoms with Gasteiger partial charge in [0.25, 0.3) is 0 Å². The molecular formula is C9H20N4O2. The van der Waals surface area contributed by atoms with E-state index in [0.717, 1.165) is 6.54 Å². The topological polar surface area (TPSA) is 90.6 Å². The van der Waals surface area contributed by atoms with Gasteiger partial charge < -0.3 is 26.4 Å². The van der Waals surface area contributed by atoms with Crippen LogP contribution in [-0.4, -0.2) is 67.8 Å². The predicted molar refractivity (Wildman–Crippen MR) is 57.4 cm³/mol. The molecule has 1 amide bonds. The maximum atomic E-state index is 11.6. The van der Waals surface area contributed by atoms with Crippen LogP contribution < -0.4 is 16.4 Å². The van der Waals surface area contributed by atoms with Crippen molar-refractivity contribution in [2.24, 2.45) is 5.73 Å². The second-order valence-electron chi connectivity index (χ2n) is 3.64. The minimum atomic E-state index is 0.0113. The number of hydrogen-bond acceptors (Lipinski definition) is 5. The molecule has 15 heavy (non-hydrogen) atoms. The average Bonchev–Trinajstić information content (AvgIpc) is 2.29. The number of amides is 1. The van der Waals surface area contributed by atoms with E-state index >= 15 is 0 Å². The number of rotatable bonds is 5. The summed E-state index contributed by atoms with van der Waals surface area (Å²) >= 11 is 0. The quantitative estimate of drug-likeness (QED) is 0.376. The van der Waals surface area contributed by atoms with Crippen LogP contribution in [-0.2, 0) is 4.79 Å². The summed E-state index contributed by atoms with van der Waals surface area (Å²) < 4.78 is 0. The molecule has 1 fully saturated rings. The van der Waals surface area contributed by atoms with Gasteiger partial charge in [0, 0.05) is 38.8 Å². The number of hydrogen-bond donors (Lipinski definition) is 4. The number of aliphatic hydroxyl groups excluding tert-OH is 1. The zero-order valence-electron chi connectivity index (χ0n) is 8.91. The zero-order valence-corrected chi connectivity index (χ0v) is 8.91. The third-order valence-electron chi connectivity index (χ3n) is 2.43. The van der Waals surface area contributed by atoms with Crippen molar-refractivity contribution >= 4 is 5.91 Å². The fourth-order valence-corrected chi connectivity index (χ4v) is 1.58. The number of aliphatic hydroxyl groups is 1. The van der Waals surface area contributed by atoms with Crippen molar-refractivity contribution in [1.82, 2.24) is 15.5 Å². The molecule has 0 unspecified atom stereocenters. The van der Waals surface area contributed by atoms with Gasteiger partial charge in [-0.2, -0.15) is 0 Å². The third kappa shape index (κ3) is 4.13. The normalized spacial score (nSPS) is 21.7. The van der Waals surface area contributed by atoms with E-state index in [1.54, 1.807) is 4.90 Å². The molecule has 1 aliphatic heterocycles. The molecule has 5 N–H and O–H groups in total. The van der Waals surface area contributed by atoms with Crippen molar-refractivity contribution in [2.75, 3.05) is 45.9 Å². The van der Waals surface area contributed by atoms with Crippen LogP contribution in [0, 0.1) is 0 Å². The molecule has 0 saturated carbocycles. The van der Waals surface area contributed by atoms with E-state index in [4.69, 9.17) is 10.8 Å². The standard InChI is InChI=1S/C9H20N4O2/c10-1-2-11-5-9(15)13-4-3-12-8(6-13)7-14/h8,11-12,14H,1-7,10H2/t8-/m0/s1. The largest absolute Gasteiger partial charge is 0.395 e. The van der Waals surface area contributed by atoms with E-state index in [9.17, 15) is 4.79 Å². The van der Waals surface area contributed by atoms with Crippen molar-refractivity contribution in [3.8, 4) is 0 Å². The third-order valence-corrected chi connectivity index (χ3v) is 2.43. The van der Waals surface area contributed by atoms with Crippen LogP contribution >= 0.6 is 0 Å². The second kappa shape index (κ2) is 6.73. The lowest BCUT2D eigenvalue weighted by Gasteiger charge is -2.32.